The van der Waals surface area contributed by atoms with Crippen molar-refractivity contribution in [3.63, 3.8) is 0 Å². The van der Waals surface area contributed by atoms with Crippen LogP contribution >= 0.6 is 0 Å². The van der Waals surface area contributed by atoms with Crippen LogP contribution in [0.3, 0.4) is 0 Å². The fraction of sp³-hybridized carbons (Fsp3) is 0.227. The third-order valence-electron chi connectivity index (χ3n) is 5.36. The summed E-state index contributed by atoms with van der Waals surface area (Å²) in [7, 11) is 0. The molecule has 0 saturated heterocycles. The maximum Gasteiger partial charge on any atom is 0.182 e. The van der Waals surface area contributed by atoms with Gasteiger partial charge in [-0.3, -0.25) is 9.69 Å². The third kappa shape index (κ3) is 3.05. The van der Waals surface area contributed by atoms with E-state index in [4.69, 9.17) is 0 Å². The average molecular weight is 374 g/mol. The van der Waals surface area contributed by atoms with E-state index in [9.17, 15) is 9.18 Å². The first-order valence-electron chi connectivity index (χ1n) is 9.41. The Morgan fingerprint density at radius 1 is 1.11 bits per heavy atom. The molecule has 28 heavy (non-hydrogen) atoms. The van der Waals surface area contributed by atoms with E-state index >= 15 is 0 Å². The average Bonchev–Trinajstić information content (AvgIpc) is 2.72. The standard InChI is InChI=1S/C22H19FN4O/c23-16-6-4-14(5-7-16)15-8-10-27(11-9-15)13-20-25-18-3-1-2-17-19(28)12-24-22(26-20)21(17)18/h1-8H,9-13H2,(H,24,25,26). The van der Waals surface area contributed by atoms with Gasteiger partial charge in [-0.05, 0) is 35.8 Å². The van der Waals surface area contributed by atoms with Crippen LogP contribution in [0.25, 0.3) is 16.5 Å². The number of rotatable bonds is 3. The molecule has 0 fully saturated rings. The number of carbonyl (C=O) groups is 1. The van der Waals surface area contributed by atoms with Gasteiger partial charge in [0.2, 0.25) is 0 Å². The van der Waals surface area contributed by atoms with E-state index in [2.05, 4.69) is 26.3 Å². The van der Waals surface area contributed by atoms with Crippen LogP contribution in [0.1, 0.15) is 28.2 Å². The smallest absolute Gasteiger partial charge is 0.182 e. The lowest BCUT2D eigenvalue weighted by atomic mass is 9.99. The summed E-state index contributed by atoms with van der Waals surface area (Å²) in [5.41, 5.74) is 3.82. The molecule has 140 valence electrons. The molecular formula is C22H19FN4O. The molecule has 6 heteroatoms. The lowest BCUT2D eigenvalue weighted by Gasteiger charge is -2.26. The molecule has 1 N–H and O–H groups in total. The number of hydrogen-bond donors (Lipinski definition) is 1. The van der Waals surface area contributed by atoms with Crippen molar-refractivity contribution in [1.29, 1.82) is 0 Å². The van der Waals surface area contributed by atoms with Crippen molar-refractivity contribution < 1.29 is 9.18 Å². The van der Waals surface area contributed by atoms with Gasteiger partial charge in [0.15, 0.2) is 5.78 Å². The summed E-state index contributed by atoms with van der Waals surface area (Å²) in [5.74, 6) is 1.36. The molecule has 1 aromatic heterocycles. The summed E-state index contributed by atoms with van der Waals surface area (Å²) in [4.78, 5) is 23.7. The van der Waals surface area contributed by atoms with Gasteiger partial charge in [-0.15, -0.1) is 0 Å². The fourth-order valence-corrected chi connectivity index (χ4v) is 3.90. The van der Waals surface area contributed by atoms with Crippen molar-refractivity contribution in [2.45, 2.75) is 13.0 Å². The maximum atomic E-state index is 13.1. The highest BCUT2D eigenvalue weighted by Gasteiger charge is 2.22. The molecule has 5 rings (SSSR count). The summed E-state index contributed by atoms with van der Waals surface area (Å²) in [6.07, 6.45) is 3.10. The van der Waals surface area contributed by atoms with Crippen molar-refractivity contribution in [3.05, 3.63) is 71.3 Å². The van der Waals surface area contributed by atoms with E-state index in [1.54, 1.807) is 0 Å². The van der Waals surface area contributed by atoms with Crippen molar-refractivity contribution in [2.24, 2.45) is 0 Å². The first-order valence-corrected chi connectivity index (χ1v) is 9.41. The van der Waals surface area contributed by atoms with E-state index in [1.807, 2.05) is 30.3 Å². The van der Waals surface area contributed by atoms with Gasteiger partial charge < -0.3 is 5.32 Å². The van der Waals surface area contributed by atoms with Crippen LogP contribution in [0.2, 0.25) is 0 Å². The predicted octanol–water partition coefficient (Wildman–Crippen LogP) is 3.67. The minimum Gasteiger partial charge on any atom is -0.362 e. The van der Waals surface area contributed by atoms with Crippen LogP contribution in [-0.4, -0.2) is 40.3 Å². The molecular weight excluding hydrogens is 355 g/mol. The molecule has 2 aliphatic rings. The minimum atomic E-state index is -0.210. The number of anilines is 1. The molecule has 0 aliphatic carbocycles. The van der Waals surface area contributed by atoms with Crippen molar-refractivity contribution in [1.82, 2.24) is 14.9 Å². The van der Waals surface area contributed by atoms with Crippen LogP contribution in [0, 0.1) is 5.82 Å². The SMILES string of the molecule is O=C1CNc2nc(CN3CC=C(c4ccc(F)cc4)CC3)nc3cccc1c23. The van der Waals surface area contributed by atoms with Crippen LogP contribution < -0.4 is 5.32 Å². The number of nitrogens with zero attached hydrogens (tertiary/aromatic N) is 3. The summed E-state index contributed by atoms with van der Waals surface area (Å²) in [6.45, 7) is 2.62. The topological polar surface area (TPSA) is 58.1 Å². The van der Waals surface area contributed by atoms with Gasteiger partial charge in [-0.25, -0.2) is 14.4 Å². The molecule has 3 heterocycles. The van der Waals surface area contributed by atoms with Crippen LogP contribution in [0.5, 0.6) is 0 Å². The van der Waals surface area contributed by atoms with E-state index in [-0.39, 0.29) is 18.1 Å². The molecule has 0 spiro atoms. The fourth-order valence-electron chi connectivity index (χ4n) is 3.90. The number of nitrogens with one attached hydrogen (secondary N) is 1. The van der Waals surface area contributed by atoms with E-state index in [0.29, 0.717) is 12.1 Å². The molecule has 0 atom stereocenters. The van der Waals surface area contributed by atoms with Crippen molar-refractivity contribution in [3.8, 4) is 0 Å². The quantitative estimate of drug-likeness (QED) is 0.758. The summed E-state index contributed by atoms with van der Waals surface area (Å²) >= 11 is 0. The zero-order valence-electron chi connectivity index (χ0n) is 15.3. The van der Waals surface area contributed by atoms with Gasteiger partial charge in [0.25, 0.3) is 0 Å². The van der Waals surface area contributed by atoms with Gasteiger partial charge in [0.05, 0.1) is 24.0 Å². The third-order valence-corrected chi connectivity index (χ3v) is 5.36. The molecule has 0 saturated carbocycles. The summed E-state index contributed by atoms with van der Waals surface area (Å²) in [5, 5.41) is 3.94. The molecule has 0 radical (unpaired) electrons. The van der Waals surface area contributed by atoms with Crippen LogP contribution in [0.4, 0.5) is 10.2 Å². The van der Waals surface area contributed by atoms with E-state index < -0.39 is 0 Å². The Hall–Kier alpha value is -3.12. The molecule has 0 unspecified atom stereocenters. The first-order chi connectivity index (χ1) is 13.7. The number of carbonyl (C=O) groups excluding carboxylic acids is 1. The summed E-state index contributed by atoms with van der Waals surface area (Å²) in [6, 6.07) is 12.3. The van der Waals surface area contributed by atoms with Gasteiger partial charge in [0, 0.05) is 18.7 Å². The first kappa shape index (κ1) is 17.0. The Bertz CT molecular complexity index is 1110. The molecule has 2 aromatic carbocycles. The zero-order chi connectivity index (χ0) is 19.1. The monoisotopic (exact) mass is 374 g/mol. The highest BCUT2D eigenvalue weighted by atomic mass is 19.1. The molecule has 0 bridgehead atoms. The zero-order valence-corrected chi connectivity index (χ0v) is 15.3. The Morgan fingerprint density at radius 3 is 2.75 bits per heavy atom. The van der Waals surface area contributed by atoms with E-state index in [0.717, 1.165) is 47.6 Å². The number of ketones is 1. The van der Waals surface area contributed by atoms with Gasteiger partial charge in [-0.1, -0.05) is 30.3 Å². The van der Waals surface area contributed by atoms with Crippen molar-refractivity contribution in [2.75, 3.05) is 25.0 Å². The number of aromatic nitrogens is 2. The van der Waals surface area contributed by atoms with Gasteiger partial charge >= 0.3 is 0 Å². The normalized spacial score (nSPS) is 16.8. The molecule has 5 nitrogen and oxygen atoms in total. The minimum absolute atomic E-state index is 0.0731. The largest absolute Gasteiger partial charge is 0.362 e. The number of halogens is 1. The highest BCUT2D eigenvalue weighted by Crippen LogP contribution is 2.29. The Labute approximate surface area is 161 Å². The molecule has 3 aromatic rings. The van der Waals surface area contributed by atoms with Crippen LogP contribution in [0.15, 0.2) is 48.5 Å². The van der Waals surface area contributed by atoms with Crippen LogP contribution in [-0.2, 0) is 6.54 Å². The van der Waals surface area contributed by atoms with Crippen molar-refractivity contribution >= 4 is 28.1 Å². The van der Waals surface area contributed by atoms with E-state index in [1.165, 1.54) is 17.7 Å². The second kappa shape index (κ2) is 6.80. The maximum absolute atomic E-state index is 13.1. The number of Topliss-reactive ketones (excluding diaryl/α,β-unsaturated/α-hetero) is 1. The highest BCUT2D eigenvalue weighted by molar-refractivity contribution is 6.15. The second-order valence-corrected chi connectivity index (χ2v) is 7.19. The Balaban J connectivity index is 1.37. The lowest BCUT2D eigenvalue weighted by Crippen LogP contribution is -2.29. The van der Waals surface area contributed by atoms with Gasteiger partial charge in [-0.2, -0.15) is 0 Å². The lowest BCUT2D eigenvalue weighted by molar-refractivity contribution is 0.101. The molecule has 0 amide bonds. The number of benzene rings is 2. The van der Waals surface area contributed by atoms with Gasteiger partial charge in [0.1, 0.15) is 17.5 Å². The second-order valence-electron chi connectivity index (χ2n) is 7.19. The Kier molecular flexibility index (Phi) is 4.13. The predicted molar refractivity (Wildman–Crippen MR) is 107 cm³/mol. The molecule has 2 aliphatic heterocycles. The summed E-state index contributed by atoms with van der Waals surface area (Å²) < 4.78 is 13.1. The Morgan fingerprint density at radius 2 is 1.96 bits per heavy atom. The number of hydrogen-bond acceptors (Lipinski definition) is 5.